The van der Waals surface area contributed by atoms with Gasteiger partial charge in [0, 0.05) is 5.56 Å². The fraction of sp³-hybridized carbons (Fsp3) is 0.115. The first-order valence-electron chi connectivity index (χ1n) is 10.2. The molecule has 3 aromatic rings. The Morgan fingerprint density at radius 2 is 1.59 bits per heavy atom. The van der Waals surface area contributed by atoms with Gasteiger partial charge >= 0.3 is 11.9 Å². The molecule has 8 nitrogen and oxygen atoms in total. The molecule has 3 aromatic carbocycles. The minimum Gasteiger partial charge on any atom is -0.497 e. The number of esters is 2. The molecule has 0 aromatic heterocycles. The summed E-state index contributed by atoms with van der Waals surface area (Å²) in [6, 6.07) is 18.6. The molecular formula is C26H21NO7. The van der Waals surface area contributed by atoms with Gasteiger partial charge in [-0.1, -0.05) is 18.2 Å². The summed E-state index contributed by atoms with van der Waals surface area (Å²) < 4.78 is 26.5. The van der Waals surface area contributed by atoms with Crippen LogP contribution in [-0.4, -0.2) is 39.2 Å². The minimum absolute atomic E-state index is 0.131. The number of carbonyl (C=O) groups is 2. The maximum atomic E-state index is 12.6. The second-order valence-electron chi connectivity index (χ2n) is 7.06. The summed E-state index contributed by atoms with van der Waals surface area (Å²) in [5.41, 5.74) is 1.67. The van der Waals surface area contributed by atoms with Gasteiger partial charge in [-0.2, -0.15) is 0 Å². The highest BCUT2D eigenvalue weighted by molar-refractivity contribution is 6.12. The highest BCUT2D eigenvalue weighted by Crippen LogP contribution is 2.31. The third-order valence-electron chi connectivity index (χ3n) is 4.98. The van der Waals surface area contributed by atoms with E-state index in [0.717, 1.165) is 0 Å². The molecule has 1 aliphatic rings. The van der Waals surface area contributed by atoms with Crippen LogP contribution < -0.4 is 18.9 Å². The SMILES string of the molecule is COc1ccc(C2=NC(=Cc3ccc(OC(=O)c4ccccc4OC)c(OC)c3)C(=O)O2)cc1. The fourth-order valence-corrected chi connectivity index (χ4v) is 3.25. The van der Waals surface area contributed by atoms with Gasteiger partial charge < -0.3 is 23.7 Å². The van der Waals surface area contributed by atoms with Crippen LogP contribution in [0, 0.1) is 0 Å². The Morgan fingerprint density at radius 1 is 0.853 bits per heavy atom. The molecule has 0 atom stereocenters. The van der Waals surface area contributed by atoms with E-state index in [2.05, 4.69) is 4.99 Å². The van der Waals surface area contributed by atoms with Crippen molar-refractivity contribution in [3.63, 3.8) is 0 Å². The molecule has 8 heteroatoms. The average Bonchev–Trinajstić information content (AvgIpc) is 3.24. The van der Waals surface area contributed by atoms with Crippen LogP contribution in [-0.2, 0) is 9.53 Å². The quantitative estimate of drug-likeness (QED) is 0.296. The lowest BCUT2D eigenvalue weighted by Gasteiger charge is -2.11. The maximum absolute atomic E-state index is 12.6. The van der Waals surface area contributed by atoms with Gasteiger partial charge in [-0.25, -0.2) is 14.6 Å². The lowest BCUT2D eigenvalue weighted by atomic mass is 10.1. The zero-order valence-corrected chi connectivity index (χ0v) is 18.7. The number of methoxy groups -OCH3 is 3. The highest BCUT2D eigenvalue weighted by atomic mass is 16.6. The van der Waals surface area contributed by atoms with E-state index in [1.165, 1.54) is 14.2 Å². The Kier molecular flexibility index (Phi) is 6.59. The second kappa shape index (κ2) is 9.91. The molecule has 0 aliphatic carbocycles. The molecule has 0 spiro atoms. The van der Waals surface area contributed by atoms with Crippen LogP contribution in [0.15, 0.2) is 77.4 Å². The smallest absolute Gasteiger partial charge is 0.363 e. The van der Waals surface area contributed by atoms with Crippen molar-refractivity contribution in [3.05, 3.63) is 89.1 Å². The Balaban J connectivity index is 1.56. The third-order valence-corrected chi connectivity index (χ3v) is 4.98. The summed E-state index contributed by atoms with van der Waals surface area (Å²) in [7, 11) is 4.50. The van der Waals surface area contributed by atoms with Crippen molar-refractivity contribution in [3.8, 4) is 23.0 Å². The predicted molar refractivity (Wildman–Crippen MR) is 125 cm³/mol. The summed E-state index contributed by atoms with van der Waals surface area (Å²) in [6.07, 6.45) is 1.56. The van der Waals surface area contributed by atoms with Crippen molar-refractivity contribution in [2.24, 2.45) is 4.99 Å². The Labute approximate surface area is 196 Å². The average molecular weight is 459 g/mol. The van der Waals surface area contributed by atoms with Gasteiger partial charge in [0.2, 0.25) is 5.90 Å². The molecule has 0 radical (unpaired) electrons. The molecule has 0 unspecified atom stereocenters. The number of carbonyl (C=O) groups excluding carboxylic acids is 2. The monoisotopic (exact) mass is 459 g/mol. The Morgan fingerprint density at radius 3 is 2.29 bits per heavy atom. The molecular weight excluding hydrogens is 438 g/mol. The zero-order chi connectivity index (χ0) is 24.1. The van der Waals surface area contributed by atoms with E-state index >= 15 is 0 Å². The van der Waals surface area contributed by atoms with E-state index in [1.807, 2.05) is 0 Å². The number of cyclic esters (lactones) is 1. The summed E-state index contributed by atoms with van der Waals surface area (Å²) in [6.45, 7) is 0. The number of para-hydroxylation sites is 1. The predicted octanol–water partition coefficient (Wildman–Crippen LogP) is 4.28. The van der Waals surface area contributed by atoms with Gasteiger partial charge in [-0.05, 0) is 60.2 Å². The summed E-state index contributed by atoms with van der Waals surface area (Å²) in [4.78, 5) is 29.3. The molecule has 1 aliphatic heterocycles. The van der Waals surface area contributed by atoms with Gasteiger partial charge in [0.05, 0.1) is 21.3 Å². The van der Waals surface area contributed by atoms with Crippen molar-refractivity contribution < 1.29 is 33.3 Å². The van der Waals surface area contributed by atoms with Gasteiger partial charge in [-0.3, -0.25) is 0 Å². The van der Waals surface area contributed by atoms with E-state index < -0.39 is 11.9 Å². The number of rotatable bonds is 7. The summed E-state index contributed by atoms with van der Waals surface area (Å²) in [5.74, 6) is 0.654. The van der Waals surface area contributed by atoms with E-state index in [9.17, 15) is 9.59 Å². The normalized spacial score (nSPS) is 13.8. The first kappa shape index (κ1) is 22.6. The lowest BCUT2D eigenvalue weighted by molar-refractivity contribution is -0.129. The van der Waals surface area contributed by atoms with Gasteiger partial charge in [0.15, 0.2) is 17.2 Å². The van der Waals surface area contributed by atoms with Crippen molar-refractivity contribution in [2.75, 3.05) is 21.3 Å². The van der Waals surface area contributed by atoms with Gasteiger partial charge in [0.25, 0.3) is 0 Å². The largest absolute Gasteiger partial charge is 0.497 e. The fourth-order valence-electron chi connectivity index (χ4n) is 3.25. The van der Waals surface area contributed by atoms with Gasteiger partial charge in [-0.15, -0.1) is 0 Å². The van der Waals surface area contributed by atoms with Crippen molar-refractivity contribution >= 4 is 23.9 Å². The van der Waals surface area contributed by atoms with Crippen LogP contribution in [0.2, 0.25) is 0 Å². The number of nitrogens with zero attached hydrogens (tertiary/aromatic N) is 1. The Bertz CT molecular complexity index is 1290. The van der Waals surface area contributed by atoms with Crippen molar-refractivity contribution in [1.82, 2.24) is 0 Å². The molecule has 172 valence electrons. The standard InChI is InChI=1S/C26H21NO7/c1-30-18-11-9-17(10-12-18)24-27-20(26(29)34-24)14-16-8-13-22(23(15-16)32-3)33-25(28)19-6-4-5-7-21(19)31-2/h4-15H,1-3H3. The van der Waals surface area contributed by atoms with E-state index in [-0.39, 0.29) is 22.9 Å². The third kappa shape index (κ3) is 4.75. The molecule has 0 N–H and O–H groups in total. The summed E-state index contributed by atoms with van der Waals surface area (Å²) in [5, 5.41) is 0. The Hall–Kier alpha value is -4.59. The van der Waals surface area contributed by atoms with Crippen LogP contribution in [0.3, 0.4) is 0 Å². The molecule has 1 heterocycles. The van der Waals surface area contributed by atoms with Crippen LogP contribution in [0.5, 0.6) is 23.0 Å². The van der Waals surface area contributed by atoms with Crippen molar-refractivity contribution in [1.29, 1.82) is 0 Å². The maximum Gasteiger partial charge on any atom is 0.363 e. The summed E-state index contributed by atoms with van der Waals surface area (Å²) >= 11 is 0. The number of hydrogen-bond acceptors (Lipinski definition) is 8. The number of ether oxygens (including phenoxy) is 5. The molecule has 34 heavy (non-hydrogen) atoms. The van der Waals surface area contributed by atoms with Crippen LogP contribution in [0.25, 0.3) is 6.08 Å². The second-order valence-corrected chi connectivity index (χ2v) is 7.06. The minimum atomic E-state index is -0.588. The molecule has 0 amide bonds. The highest BCUT2D eigenvalue weighted by Gasteiger charge is 2.24. The van der Waals surface area contributed by atoms with Gasteiger partial charge in [0.1, 0.15) is 17.1 Å². The first-order valence-corrected chi connectivity index (χ1v) is 10.2. The van der Waals surface area contributed by atoms with E-state index in [1.54, 1.807) is 79.9 Å². The van der Waals surface area contributed by atoms with Crippen molar-refractivity contribution in [2.45, 2.75) is 0 Å². The topological polar surface area (TPSA) is 92.7 Å². The molecule has 0 saturated heterocycles. The number of hydrogen-bond donors (Lipinski definition) is 0. The van der Waals surface area contributed by atoms with E-state index in [0.29, 0.717) is 28.4 Å². The number of benzene rings is 3. The van der Waals surface area contributed by atoms with E-state index in [4.69, 9.17) is 23.7 Å². The molecule has 0 saturated carbocycles. The zero-order valence-electron chi connectivity index (χ0n) is 18.7. The van der Waals surface area contributed by atoms with Crippen LogP contribution in [0.1, 0.15) is 21.5 Å². The first-order chi connectivity index (χ1) is 16.5. The number of aliphatic imine (C=N–C) groups is 1. The molecule has 4 rings (SSSR count). The molecule has 0 bridgehead atoms. The molecule has 0 fully saturated rings. The van der Waals surface area contributed by atoms with Crippen LogP contribution >= 0.6 is 0 Å². The van der Waals surface area contributed by atoms with Crippen LogP contribution in [0.4, 0.5) is 0 Å². The lowest BCUT2D eigenvalue weighted by Crippen LogP contribution is -2.10.